The summed E-state index contributed by atoms with van der Waals surface area (Å²) in [5, 5.41) is 7.13. The number of hydrogen-bond acceptors (Lipinski definition) is 5. The van der Waals surface area contributed by atoms with Crippen molar-refractivity contribution in [1.82, 2.24) is 19.3 Å². The molecule has 0 spiro atoms. The zero-order chi connectivity index (χ0) is 39.6. The number of pyridine rings is 1. The van der Waals surface area contributed by atoms with Crippen molar-refractivity contribution in [3.63, 3.8) is 0 Å². The highest BCUT2D eigenvalue weighted by atomic mass is 16.5. The highest BCUT2D eigenvalue weighted by Crippen LogP contribution is 2.41. The molecule has 0 amide bonds. The van der Waals surface area contributed by atoms with Crippen molar-refractivity contribution in [3.8, 4) is 45.6 Å². The first-order valence-electron chi connectivity index (χ1n) is 19.6. The number of ether oxygens (including phenoxy) is 3. The van der Waals surface area contributed by atoms with Crippen LogP contribution < -0.4 is 14.2 Å². The van der Waals surface area contributed by atoms with Crippen LogP contribution in [0.5, 0.6) is 23.0 Å². The molecular formula is C51H44N4O3. The Kier molecular flexibility index (Phi) is 9.72. The zero-order valence-electron chi connectivity index (χ0n) is 33.1. The summed E-state index contributed by atoms with van der Waals surface area (Å²) in [5.41, 5.74) is 9.13. The fraction of sp³-hybridized carbons (Fsp3) is 0.137. The van der Waals surface area contributed by atoms with Gasteiger partial charge >= 0.3 is 0 Å². The standard InChI is InChI=1S/C51H44N4O3/c1-35-26-47(56-33-36-14-7-5-8-15-36)50(48(27-35)57-34-37-16-9-6-10-17-37)38-31-53-54(32-38)40-18-13-19-41(29-40)58-42-22-23-44-43-20-11-12-21-45(43)55(46(44)30-42)49-28-39(24-25-52-49)51(2,3)4/h5-32H,33-34H2,1-4H3. The van der Waals surface area contributed by atoms with Crippen molar-refractivity contribution in [2.45, 2.75) is 46.3 Å². The zero-order valence-corrected chi connectivity index (χ0v) is 33.1. The molecule has 6 aromatic carbocycles. The third kappa shape index (κ3) is 7.54. The van der Waals surface area contributed by atoms with Crippen LogP contribution in [0.25, 0.3) is 44.4 Å². The van der Waals surface area contributed by atoms with E-state index in [2.05, 4.69) is 117 Å². The lowest BCUT2D eigenvalue weighted by atomic mass is 9.88. The normalized spacial score (nSPS) is 11.6. The maximum Gasteiger partial charge on any atom is 0.137 e. The van der Waals surface area contributed by atoms with E-state index in [-0.39, 0.29) is 5.41 Å². The van der Waals surface area contributed by atoms with Crippen LogP contribution in [0, 0.1) is 6.92 Å². The Bertz CT molecular complexity index is 2810. The molecule has 0 radical (unpaired) electrons. The van der Waals surface area contributed by atoms with Gasteiger partial charge in [-0.15, -0.1) is 0 Å². The van der Waals surface area contributed by atoms with Gasteiger partial charge in [-0.2, -0.15) is 5.10 Å². The van der Waals surface area contributed by atoms with Gasteiger partial charge in [-0.1, -0.05) is 106 Å². The lowest BCUT2D eigenvalue weighted by Gasteiger charge is -2.20. The van der Waals surface area contributed by atoms with E-state index >= 15 is 0 Å². The smallest absolute Gasteiger partial charge is 0.137 e. The summed E-state index contributed by atoms with van der Waals surface area (Å²) in [4.78, 5) is 4.84. The average molecular weight is 761 g/mol. The monoisotopic (exact) mass is 760 g/mol. The number of hydrogen-bond donors (Lipinski definition) is 0. The number of aromatic nitrogens is 4. The Balaban J connectivity index is 1.04. The van der Waals surface area contributed by atoms with Crippen LogP contribution in [-0.2, 0) is 18.6 Å². The molecule has 7 nitrogen and oxygen atoms in total. The van der Waals surface area contributed by atoms with Gasteiger partial charge in [0.2, 0.25) is 0 Å². The van der Waals surface area contributed by atoms with Crippen molar-refractivity contribution in [3.05, 3.63) is 193 Å². The van der Waals surface area contributed by atoms with E-state index in [1.807, 2.05) is 90.0 Å². The molecule has 9 aromatic rings. The van der Waals surface area contributed by atoms with Crippen LogP contribution in [0.15, 0.2) is 170 Å². The third-order valence-electron chi connectivity index (χ3n) is 10.4. The second-order valence-electron chi connectivity index (χ2n) is 15.6. The highest BCUT2D eigenvalue weighted by molar-refractivity contribution is 6.09. The summed E-state index contributed by atoms with van der Waals surface area (Å²) >= 11 is 0. The van der Waals surface area contributed by atoms with E-state index in [1.165, 1.54) is 10.9 Å². The molecule has 0 N–H and O–H groups in total. The van der Waals surface area contributed by atoms with Crippen LogP contribution in [-0.4, -0.2) is 19.3 Å². The molecule has 0 fully saturated rings. The number of para-hydroxylation sites is 1. The Morgan fingerprint density at radius 1 is 0.603 bits per heavy atom. The predicted octanol–water partition coefficient (Wildman–Crippen LogP) is 12.6. The summed E-state index contributed by atoms with van der Waals surface area (Å²) in [6.07, 6.45) is 5.77. The van der Waals surface area contributed by atoms with Gasteiger partial charge in [-0.05, 0) is 89.2 Å². The molecule has 58 heavy (non-hydrogen) atoms. The lowest BCUT2D eigenvalue weighted by molar-refractivity contribution is 0.292. The minimum Gasteiger partial charge on any atom is -0.488 e. The quantitative estimate of drug-likeness (QED) is 0.131. The molecule has 0 unspecified atom stereocenters. The highest BCUT2D eigenvalue weighted by Gasteiger charge is 2.20. The number of fused-ring (bicyclic) bond motifs is 3. The molecule has 0 bridgehead atoms. The molecule has 7 heteroatoms. The van der Waals surface area contributed by atoms with E-state index in [4.69, 9.17) is 24.3 Å². The number of nitrogens with zero attached hydrogens (tertiary/aromatic N) is 4. The van der Waals surface area contributed by atoms with Crippen LogP contribution in [0.2, 0.25) is 0 Å². The molecule has 0 atom stereocenters. The molecule has 3 aromatic heterocycles. The fourth-order valence-electron chi connectivity index (χ4n) is 7.39. The van der Waals surface area contributed by atoms with Crippen molar-refractivity contribution < 1.29 is 14.2 Å². The minimum atomic E-state index is -0.0118. The number of rotatable bonds is 11. The largest absolute Gasteiger partial charge is 0.488 e. The van der Waals surface area contributed by atoms with E-state index in [0.717, 1.165) is 73.0 Å². The summed E-state index contributed by atoms with van der Waals surface area (Å²) in [5.74, 6) is 3.76. The Labute approximate surface area is 338 Å². The van der Waals surface area contributed by atoms with Gasteiger partial charge in [0.1, 0.15) is 42.0 Å². The first-order chi connectivity index (χ1) is 28.3. The van der Waals surface area contributed by atoms with Crippen LogP contribution in [0.1, 0.15) is 43.0 Å². The summed E-state index contributed by atoms with van der Waals surface area (Å²) < 4.78 is 23.7. The molecule has 3 heterocycles. The van der Waals surface area contributed by atoms with Crippen LogP contribution >= 0.6 is 0 Å². The van der Waals surface area contributed by atoms with Gasteiger partial charge in [-0.3, -0.25) is 4.57 Å². The summed E-state index contributed by atoms with van der Waals surface area (Å²) in [6.45, 7) is 9.58. The Morgan fingerprint density at radius 3 is 1.97 bits per heavy atom. The van der Waals surface area contributed by atoms with Gasteiger partial charge in [0.25, 0.3) is 0 Å². The van der Waals surface area contributed by atoms with Crippen LogP contribution in [0.4, 0.5) is 0 Å². The molecule has 0 aliphatic heterocycles. The maximum absolute atomic E-state index is 6.59. The van der Waals surface area contributed by atoms with E-state index in [9.17, 15) is 0 Å². The molecular weight excluding hydrogens is 717 g/mol. The SMILES string of the molecule is Cc1cc(OCc2ccccc2)c(-c2cnn(-c3cccc(Oc4ccc5c6ccccc6n(-c6cc(C(C)(C)C)ccn6)c5c4)c3)c2)c(OCc2ccccc2)c1. The van der Waals surface area contributed by atoms with Gasteiger partial charge in [0.15, 0.2) is 0 Å². The Hall–Kier alpha value is -7.12. The lowest BCUT2D eigenvalue weighted by Crippen LogP contribution is -2.12. The fourth-order valence-corrected chi connectivity index (χ4v) is 7.39. The molecule has 0 saturated carbocycles. The van der Waals surface area contributed by atoms with Gasteiger partial charge in [0, 0.05) is 40.9 Å². The minimum absolute atomic E-state index is 0.0118. The van der Waals surface area contributed by atoms with E-state index < -0.39 is 0 Å². The number of aryl methyl sites for hydroxylation is 1. The summed E-state index contributed by atoms with van der Waals surface area (Å²) in [7, 11) is 0. The van der Waals surface area contributed by atoms with E-state index in [0.29, 0.717) is 19.0 Å². The first-order valence-corrected chi connectivity index (χ1v) is 19.6. The number of benzene rings is 6. The van der Waals surface area contributed by atoms with Crippen LogP contribution in [0.3, 0.4) is 0 Å². The third-order valence-corrected chi connectivity index (χ3v) is 10.4. The van der Waals surface area contributed by atoms with Crippen molar-refractivity contribution >= 4 is 21.8 Å². The van der Waals surface area contributed by atoms with Crippen molar-refractivity contribution in [2.75, 3.05) is 0 Å². The van der Waals surface area contributed by atoms with Crippen molar-refractivity contribution in [1.29, 1.82) is 0 Å². The first kappa shape index (κ1) is 36.5. The Morgan fingerprint density at radius 2 is 1.26 bits per heavy atom. The molecule has 0 saturated heterocycles. The predicted molar refractivity (Wildman–Crippen MR) is 233 cm³/mol. The second kappa shape index (κ2) is 15.4. The van der Waals surface area contributed by atoms with Gasteiger partial charge < -0.3 is 14.2 Å². The van der Waals surface area contributed by atoms with E-state index in [1.54, 1.807) is 0 Å². The average Bonchev–Trinajstić information content (AvgIpc) is 3.86. The molecule has 9 rings (SSSR count). The van der Waals surface area contributed by atoms with Crippen molar-refractivity contribution in [2.24, 2.45) is 0 Å². The molecule has 0 aliphatic rings. The molecule has 0 aliphatic carbocycles. The second-order valence-corrected chi connectivity index (χ2v) is 15.6. The topological polar surface area (TPSA) is 63.3 Å². The maximum atomic E-state index is 6.59. The summed E-state index contributed by atoms with van der Waals surface area (Å²) in [6, 6.07) is 51.5. The van der Waals surface area contributed by atoms with Gasteiger partial charge in [0.05, 0.1) is 28.5 Å². The van der Waals surface area contributed by atoms with Gasteiger partial charge in [-0.25, -0.2) is 9.67 Å². The molecule has 286 valence electrons.